The molecule has 6 nitrogen and oxygen atoms in total. The predicted octanol–water partition coefficient (Wildman–Crippen LogP) is 1.11. The van der Waals surface area contributed by atoms with Gasteiger partial charge in [0, 0.05) is 19.1 Å². The van der Waals surface area contributed by atoms with E-state index >= 15 is 0 Å². The zero-order valence-corrected chi connectivity index (χ0v) is 13.0. The van der Waals surface area contributed by atoms with E-state index in [1.54, 1.807) is 19.9 Å². The molecule has 0 unspecified atom stereocenters. The van der Waals surface area contributed by atoms with Crippen LogP contribution in [0.15, 0.2) is 17.0 Å². The van der Waals surface area contributed by atoms with E-state index in [1.165, 1.54) is 10.4 Å². The van der Waals surface area contributed by atoms with E-state index in [0.717, 1.165) is 0 Å². The number of nitrogens with two attached hydrogens (primary N) is 1. The number of carboxylic acid groups (broad SMARTS) is 1. The Morgan fingerprint density at radius 2 is 1.81 bits per heavy atom. The van der Waals surface area contributed by atoms with Gasteiger partial charge in [0.05, 0.1) is 10.5 Å². The highest BCUT2D eigenvalue weighted by atomic mass is 32.2. The standard InChI is InChI=1S/C14H20N2O4S/c1-9-7-10(2)13(8-12(9)14(17)18)21(19,20)16-5-3-11(15)4-6-16/h7-8,11H,3-6,15H2,1-2H3,(H,17,18). The van der Waals surface area contributed by atoms with Crippen LogP contribution in [0.5, 0.6) is 0 Å². The molecule has 0 bridgehead atoms. The minimum Gasteiger partial charge on any atom is -0.478 e. The van der Waals surface area contributed by atoms with Crippen molar-refractivity contribution in [3.05, 3.63) is 28.8 Å². The predicted molar refractivity (Wildman–Crippen MR) is 78.8 cm³/mol. The summed E-state index contributed by atoms with van der Waals surface area (Å²) < 4.78 is 26.8. The fraction of sp³-hybridized carbons (Fsp3) is 0.500. The van der Waals surface area contributed by atoms with Gasteiger partial charge in [-0.2, -0.15) is 4.31 Å². The van der Waals surface area contributed by atoms with Crippen molar-refractivity contribution in [2.75, 3.05) is 13.1 Å². The van der Waals surface area contributed by atoms with Crippen LogP contribution in [0, 0.1) is 13.8 Å². The molecule has 1 saturated heterocycles. The quantitative estimate of drug-likeness (QED) is 0.871. The molecule has 21 heavy (non-hydrogen) atoms. The molecule has 0 amide bonds. The normalized spacial score (nSPS) is 17.9. The Hall–Kier alpha value is -1.44. The first-order valence-corrected chi connectivity index (χ1v) is 8.27. The largest absolute Gasteiger partial charge is 0.478 e. The van der Waals surface area contributed by atoms with Gasteiger partial charge >= 0.3 is 5.97 Å². The molecule has 0 spiro atoms. The van der Waals surface area contributed by atoms with Gasteiger partial charge in [-0.25, -0.2) is 13.2 Å². The van der Waals surface area contributed by atoms with Crippen LogP contribution in [0.25, 0.3) is 0 Å². The number of nitrogens with zero attached hydrogens (tertiary/aromatic N) is 1. The summed E-state index contributed by atoms with van der Waals surface area (Å²) in [6.45, 7) is 4.09. The molecular formula is C14H20N2O4S. The number of aryl methyl sites for hydroxylation is 2. The van der Waals surface area contributed by atoms with Crippen molar-refractivity contribution < 1.29 is 18.3 Å². The smallest absolute Gasteiger partial charge is 0.335 e. The van der Waals surface area contributed by atoms with Crippen LogP contribution in [0.4, 0.5) is 0 Å². The van der Waals surface area contributed by atoms with Crippen LogP contribution in [-0.2, 0) is 10.0 Å². The lowest BCUT2D eigenvalue weighted by Crippen LogP contribution is -2.43. The summed E-state index contributed by atoms with van der Waals surface area (Å²) in [7, 11) is -3.67. The summed E-state index contributed by atoms with van der Waals surface area (Å²) in [6.07, 6.45) is 1.24. The molecule has 1 aromatic rings. The van der Waals surface area contributed by atoms with Gasteiger partial charge in [-0.1, -0.05) is 6.07 Å². The maximum Gasteiger partial charge on any atom is 0.335 e. The van der Waals surface area contributed by atoms with E-state index < -0.39 is 16.0 Å². The first-order valence-electron chi connectivity index (χ1n) is 6.83. The molecule has 116 valence electrons. The number of carbonyl (C=O) groups is 1. The van der Waals surface area contributed by atoms with Gasteiger partial charge in [0.1, 0.15) is 0 Å². The van der Waals surface area contributed by atoms with Crippen molar-refractivity contribution >= 4 is 16.0 Å². The first-order chi connectivity index (χ1) is 9.73. The van der Waals surface area contributed by atoms with E-state index in [9.17, 15) is 13.2 Å². The Kier molecular flexibility index (Phi) is 4.36. The number of sulfonamides is 1. The second-order valence-corrected chi connectivity index (χ2v) is 7.39. The fourth-order valence-corrected chi connectivity index (χ4v) is 4.30. The van der Waals surface area contributed by atoms with Crippen molar-refractivity contribution in [3.63, 3.8) is 0 Å². The highest BCUT2D eigenvalue weighted by Crippen LogP contribution is 2.26. The van der Waals surface area contributed by atoms with Gasteiger partial charge in [0.25, 0.3) is 0 Å². The highest BCUT2D eigenvalue weighted by molar-refractivity contribution is 7.89. The number of benzene rings is 1. The van der Waals surface area contributed by atoms with Crippen LogP contribution in [0.2, 0.25) is 0 Å². The molecule has 2 rings (SSSR count). The summed E-state index contributed by atoms with van der Waals surface area (Å²) in [5.74, 6) is -1.12. The lowest BCUT2D eigenvalue weighted by Gasteiger charge is -2.30. The molecule has 1 fully saturated rings. The molecule has 0 aromatic heterocycles. The van der Waals surface area contributed by atoms with Crippen LogP contribution >= 0.6 is 0 Å². The van der Waals surface area contributed by atoms with Crippen molar-refractivity contribution in [1.82, 2.24) is 4.31 Å². The number of carboxylic acids is 1. The Labute approximate surface area is 124 Å². The van der Waals surface area contributed by atoms with E-state index in [4.69, 9.17) is 10.8 Å². The topological polar surface area (TPSA) is 101 Å². The van der Waals surface area contributed by atoms with Crippen molar-refractivity contribution in [2.45, 2.75) is 37.6 Å². The third kappa shape index (κ3) is 3.09. The molecule has 1 heterocycles. The monoisotopic (exact) mass is 312 g/mol. The fourth-order valence-electron chi connectivity index (χ4n) is 2.60. The summed E-state index contributed by atoms with van der Waals surface area (Å²) in [5, 5.41) is 9.17. The van der Waals surface area contributed by atoms with Gasteiger partial charge < -0.3 is 10.8 Å². The van der Waals surface area contributed by atoms with Crippen LogP contribution in [0.1, 0.15) is 34.3 Å². The zero-order chi connectivity index (χ0) is 15.8. The third-order valence-corrected chi connectivity index (χ3v) is 5.91. The summed E-state index contributed by atoms with van der Waals surface area (Å²) in [4.78, 5) is 11.3. The first kappa shape index (κ1) is 15.9. The molecule has 0 radical (unpaired) electrons. The van der Waals surface area contributed by atoms with E-state index in [0.29, 0.717) is 37.1 Å². The molecule has 7 heteroatoms. The average Bonchev–Trinajstić information content (AvgIpc) is 2.38. The van der Waals surface area contributed by atoms with E-state index in [1.807, 2.05) is 0 Å². The van der Waals surface area contributed by atoms with E-state index in [-0.39, 0.29) is 16.5 Å². The summed E-state index contributed by atoms with van der Waals surface area (Å²) >= 11 is 0. The van der Waals surface area contributed by atoms with Gasteiger partial charge in [-0.05, 0) is 43.9 Å². The molecule has 1 aliphatic heterocycles. The Bertz CT molecular complexity index is 662. The number of piperidine rings is 1. The maximum absolute atomic E-state index is 12.7. The molecule has 3 N–H and O–H groups in total. The highest BCUT2D eigenvalue weighted by Gasteiger charge is 2.30. The Balaban J connectivity index is 2.45. The lowest BCUT2D eigenvalue weighted by molar-refractivity contribution is 0.0696. The van der Waals surface area contributed by atoms with Gasteiger partial charge in [0.15, 0.2) is 0 Å². The minimum absolute atomic E-state index is 0.0212. The maximum atomic E-state index is 12.7. The van der Waals surface area contributed by atoms with Gasteiger partial charge in [0.2, 0.25) is 10.0 Å². The molecule has 1 aromatic carbocycles. The number of hydrogen-bond donors (Lipinski definition) is 2. The van der Waals surface area contributed by atoms with Crippen molar-refractivity contribution in [2.24, 2.45) is 5.73 Å². The van der Waals surface area contributed by atoms with Crippen LogP contribution < -0.4 is 5.73 Å². The number of aromatic carboxylic acids is 1. The van der Waals surface area contributed by atoms with Gasteiger partial charge in [-0.15, -0.1) is 0 Å². The Morgan fingerprint density at radius 3 is 2.33 bits per heavy atom. The Morgan fingerprint density at radius 1 is 1.24 bits per heavy atom. The summed E-state index contributed by atoms with van der Waals surface area (Å²) in [5.41, 5.74) is 6.93. The van der Waals surface area contributed by atoms with Crippen LogP contribution in [0.3, 0.4) is 0 Å². The number of hydrogen-bond acceptors (Lipinski definition) is 4. The molecule has 0 atom stereocenters. The molecule has 0 aliphatic carbocycles. The zero-order valence-electron chi connectivity index (χ0n) is 12.2. The van der Waals surface area contributed by atoms with Crippen molar-refractivity contribution in [1.29, 1.82) is 0 Å². The lowest BCUT2D eigenvalue weighted by atomic mass is 10.1. The SMILES string of the molecule is Cc1cc(C)c(S(=O)(=O)N2CCC(N)CC2)cc1C(=O)O. The number of rotatable bonds is 3. The molecular weight excluding hydrogens is 292 g/mol. The van der Waals surface area contributed by atoms with Crippen LogP contribution in [-0.4, -0.2) is 42.9 Å². The van der Waals surface area contributed by atoms with E-state index in [2.05, 4.69) is 0 Å². The summed E-state index contributed by atoms with van der Waals surface area (Å²) in [6, 6.07) is 2.90. The minimum atomic E-state index is -3.67. The second-order valence-electron chi connectivity index (χ2n) is 5.48. The average molecular weight is 312 g/mol. The third-order valence-electron chi connectivity index (χ3n) is 3.87. The van der Waals surface area contributed by atoms with Gasteiger partial charge in [-0.3, -0.25) is 0 Å². The molecule has 1 aliphatic rings. The second kappa shape index (κ2) is 5.75. The molecule has 0 saturated carbocycles. The van der Waals surface area contributed by atoms with Crippen molar-refractivity contribution in [3.8, 4) is 0 Å².